The molecule has 1 heterocycles. The average Bonchev–Trinajstić information content (AvgIpc) is 3.31. The quantitative estimate of drug-likeness (QED) is 0.155. The monoisotopic (exact) mass is 586 g/mol. The van der Waals surface area contributed by atoms with Crippen molar-refractivity contribution in [2.75, 3.05) is 76.0 Å². The van der Waals surface area contributed by atoms with Crippen LogP contribution in [0.5, 0.6) is 0 Å². The Hall–Kier alpha value is -4.97. The van der Waals surface area contributed by atoms with E-state index in [0.717, 1.165) is 50.6 Å². The number of anilines is 4. The van der Waals surface area contributed by atoms with Crippen LogP contribution in [0.1, 0.15) is 32.6 Å². The normalized spacial score (nSPS) is 15.5. The van der Waals surface area contributed by atoms with Gasteiger partial charge in [-0.1, -0.05) is 54.6 Å². The van der Waals surface area contributed by atoms with E-state index in [1.54, 1.807) is 0 Å². The van der Waals surface area contributed by atoms with Crippen molar-refractivity contribution in [3.63, 3.8) is 0 Å². The lowest BCUT2D eigenvalue weighted by Gasteiger charge is -2.27. The second kappa shape index (κ2) is 12.3. The van der Waals surface area contributed by atoms with E-state index in [-0.39, 0.29) is 5.97 Å². The van der Waals surface area contributed by atoms with Gasteiger partial charge in [-0.05, 0) is 71.3 Å². The zero-order valence-electron chi connectivity index (χ0n) is 27.0. The number of hydrogen-bond donors (Lipinski definition) is 0. The Morgan fingerprint density at radius 1 is 0.591 bits per heavy atom. The maximum atomic E-state index is 13.4. The standard InChI is InChI=1S/C38H42N4O2/c1-39(2)30-17-11-27(12-18-30)34(28-13-19-31(20-14-28)40(3)4)10-9-25-38(29-15-21-32(22-16-29)41(5)6)36-24-23-33(42(7)8)26-35(36)37(43)44-38/h9-26H,1-8H3. The molecule has 44 heavy (non-hydrogen) atoms. The molecule has 0 saturated heterocycles. The van der Waals surface area contributed by atoms with Gasteiger partial charge in [0, 0.05) is 90.3 Å². The lowest BCUT2D eigenvalue weighted by atomic mass is 9.84. The Bertz CT molecular complexity index is 1630. The number of cyclic esters (lactones) is 1. The largest absolute Gasteiger partial charge is 0.441 e. The van der Waals surface area contributed by atoms with Gasteiger partial charge in [-0.25, -0.2) is 4.79 Å². The molecule has 0 N–H and O–H groups in total. The van der Waals surface area contributed by atoms with Gasteiger partial charge in [0.25, 0.3) is 0 Å². The number of hydrogen-bond acceptors (Lipinski definition) is 6. The lowest BCUT2D eigenvalue weighted by Crippen LogP contribution is -2.25. The Kier molecular flexibility index (Phi) is 8.54. The van der Waals surface area contributed by atoms with Gasteiger partial charge in [0.2, 0.25) is 0 Å². The minimum Gasteiger partial charge on any atom is -0.441 e. The highest BCUT2D eigenvalue weighted by atomic mass is 16.6. The summed E-state index contributed by atoms with van der Waals surface area (Å²) in [5.74, 6) is -0.326. The molecule has 0 radical (unpaired) electrons. The van der Waals surface area contributed by atoms with Crippen molar-refractivity contribution >= 4 is 34.3 Å². The van der Waals surface area contributed by atoms with Crippen LogP contribution in [-0.4, -0.2) is 62.4 Å². The van der Waals surface area contributed by atoms with Crippen LogP contribution in [0.15, 0.2) is 109 Å². The summed E-state index contributed by atoms with van der Waals surface area (Å²) in [6, 6.07) is 31.3. The Morgan fingerprint density at radius 3 is 1.48 bits per heavy atom. The molecule has 4 aromatic rings. The summed E-state index contributed by atoms with van der Waals surface area (Å²) < 4.78 is 6.32. The fourth-order valence-electron chi connectivity index (χ4n) is 5.52. The minimum atomic E-state index is -1.06. The Morgan fingerprint density at radius 2 is 1.02 bits per heavy atom. The van der Waals surface area contributed by atoms with Crippen LogP contribution in [0.2, 0.25) is 0 Å². The highest BCUT2D eigenvalue weighted by Gasteiger charge is 2.45. The number of benzene rings is 4. The van der Waals surface area contributed by atoms with E-state index in [4.69, 9.17) is 4.74 Å². The number of nitrogens with zero attached hydrogens (tertiary/aromatic N) is 4. The van der Waals surface area contributed by atoms with Crippen molar-refractivity contribution in [1.29, 1.82) is 0 Å². The zero-order valence-corrected chi connectivity index (χ0v) is 27.0. The van der Waals surface area contributed by atoms with Gasteiger partial charge in [-0.2, -0.15) is 0 Å². The van der Waals surface area contributed by atoms with Crippen molar-refractivity contribution in [3.8, 4) is 0 Å². The van der Waals surface area contributed by atoms with E-state index in [1.807, 2.05) is 104 Å². The van der Waals surface area contributed by atoms with Gasteiger partial charge in [-0.3, -0.25) is 0 Å². The van der Waals surface area contributed by atoms with E-state index >= 15 is 0 Å². The first-order valence-electron chi connectivity index (χ1n) is 14.8. The van der Waals surface area contributed by atoms with E-state index in [2.05, 4.69) is 81.4 Å². The smallest absolute Gasteiger partial charge is 0.340 e. The third kappa shape index (κ3) is 5.93. The van der Waals surface area contributed by atoms with Gasteiger partial charge in [0.1, 0.15) is 0 Å². The predicted molar refractivity (Wildman–Crippen MR) is 185 cm³/mol. The lowest BCUT2D eigenvalue weighted by molar-refractivity contribution is 0.0275. The molecule has 0 amide bonds. The molecular formula is C38H42N4O2. The molecule has 0 aliphatic carbocycles. The number of fused-ring (bicyclic) bond motifs is 1. The maximum Gasteiger partial charge on any atom is 0.340 e. The molecule has 0 spiro atoms. The molecule has 6 nitrogen and oxygen atoms in total. The van der Waals surface area contributed by atoms with Crippen molar-refractivity contribution in [2.45, 2.75) is 5.60 Å². The molecular weight excluding hydrogens is 544 g/mol. The number of rotatable bonds is 9. The second-order valence-electron chi connectivity index (χ2n) is 12.0. The van der Waals surface area contributed by atoms with Crippen molar-refractivity contribution in [3.05, 3.63) is 137 Å². The van der Waals surface area contributed by atoms with Gasteiger partial charge >= 0.3 is 5.97 Å². The zero-order chi connectivity index (χ0) is 31.6. The first kappa shape index (κ1) is 30.5. The molecule has 4 aromatic carbocycles. The minimum absolute atomic E-state index is 0.326. The number of esters is 1. The van der Waals surface area contributed by atoms with Crippen LogP contribution in [0.4, 0.5) is 22.7 Å². The van der Waals surface area contributed by atoms with E-state index in [0.29, 0.717) is 5.56 Å². The summed E-state index contributed by atoms with van der Waals surface area (Å²) in [5.41, 5.74) is 8.82. The van der Waals surface area contributed by atoms with Crippen molar-refractivity contribution in [2.24, 2.45) is 0 Å². The fourth-order valence-corrected chi connectivity index (χ4v) is 5.52. The number of carbonyl (C=O) groups is 1. The summed E-state index contributed by atoms with van der Waals surface area (Å²) in [6.07, 6.45) is 6.15. The second-order valence-corrected chi connectivity index (χ2v) is 12.0. The maximum absolute atomic E-state index is 13.4. The van der Waals surface area contributed by atoms with E-state index in [9.17, 15) is 4.79 Å². The summed E-state index contributed by atoms with van der Waals surface area (Å²) in [7, 11) is 16.1. The molecule has 1 atom stereocenters. The van der Waals surface area contributed by atoms with Crippen LogP contribution in [-0.2, 0) is 10.3 Å². The van der Waals surface area contributed by atoms with Crippen LogP contribution in [0.25, 0.3) is 5.57 Å². The third-order valence-electron chi connectivity index (χ3n) is 8.19. The Balaban J connectivity index is 1.65. The molecule has 0 aromatic heterocycles. The third-order valence-corrected chi connectivity index (χ3v) is 8.19. The summed E-state index contributed by atoms with van der Waals surface area (Å²) in [6.45, 7) is 0. The number of allylic oxidation sites excluding steroid dienone is 2. The highest BCUT2D eigenvalue weighted by Crippen LogP contribution is 2.45. The highest BCUT2D eigenvalue weighted by molar-refractivity contribution is 5.97. The summed E-state index contributed by atoms with van der Waals surface area (Å²) in [5, 5.41) is 0. The van der Waals surface area contributed by atoms with Crippen molar-refractivity contribution in [1.82, 2.24) is 0 Å². The molecule has 0 fully saturated rings. The summed E-state index contributed by atoms with van der Waals surface area (Å²) in [4.78, 5) is 21.7. The molecule has 1 aliphatic rings. The molecule has 0 bridgehead atoms. The van der Waals surface area contributed by atoms with Crippen LogP contribution < -0.4 is 19.6 Å². The molecule has 226 valence electrons. The molecule has 6 heteroatoms. The van der Waals surface area contributed by atoms with E-state index in [1.165, 1.54) is 0 Å². The predicted octanol–water partition coefficient (Wildman–Crippen LogP) is 7.05. The molecule has 5 rings (SSSR count). The van der Waals surface area contributed by atoms with Gasteiger partial charge in [0.15, 0.2) is 5.60 Å². The van der Waals surface area contributed by atoms with Crippen LogP contribution >= 0.6 is 0 Å². The van der Waals surface area contributed by atoms with Gasteiger partial charge in [-0.15, -0.1) is 0 Å². The molecule has 1 unspecified atom stereocenters. The van der Waals surface area contributed by atoms with Crippen LogP contribution in [0, 0.1) is 0 Å². The first-order chi connectivity index (χ1) is 21.0. The number of ether oxygens (including phenoxy) is 1. The summed E-state index contributed by atoms with van der Waals surface area (Å²) >= 11 is 0. The fraction of sp³-hybridized carbons (Fsp3) is 0.237. The average molecular weight is 587 g/mol. The first-order valence-corrected chi connectivity index (χ1v) is 14.8. The van der Waals surface area contributed by atoms with Gasteiger partial charge < -0.3 is 24.3 Å². The topological polar surface area (TPSA) is 39.3 Å². The van der Waals surface area contributed by atoms with Crippen molar-refractivity contribution < 1.29 is 9.53 Å². The molecule has 1 aliphatic heterocycles. The van der Waals surface area contributed by atoms with Crippen LogP contribution in [0.3, 0.4) is 0 Å². The Labute approximate surface area is 262 Å². The molecule has 0 saturated carbocycles. The van der Waals surface area contributed by atoms with Gasteiger partial charge in [0.05, 0.1) is 5.56 Å². The SMILES string of the molecule is CN(C)c1ccc(C(=CC=CC2(c3ccc(N(C)C)cc3)OC(=O)c3cc(N(C)C)ccc32)c2ccc(N(C)C)cc2)cc1. The van der Waals surface area contributed by atoms with E-state index < -0.39 is 5.60 Å². The number of carbonyl (C=O) groups excluding carboxylic acids is 1.